The normalized spacial score (nSPS) is 14.4. The Hall–Kier alpha value is -3.29. The monoisotopic (exact) mass is 410 g/mol. The third kappa shape index (κ3) is 5.85. The van der Waals surface area contributed by atoms with Gasteiger partial charge in [-0.2, -0.15) is 0 Å². The van der Waals surface area contributed by atoms with Crippen LogP contribution < -0.4 is 20.3 Å². The lowest BCUT2D eigenvalue weighted by atomic mass is 10.2. The number of hydrogen-bond donors (Lipinski definition) is 2. The van der Waals surface area contributed by atoms with E-state index in [4.69, 9.17) is 4.74 Å². The van der Waals surface area contributed by atoms with Crippen LogP contribution in [0.4, 0.5) is 11.5 Å². The summed E-state index contributed by atoms with van der Waals surface area (Å²) in [6.07, 6.45) is 2.09. The number of methoxy groups -OCH3 is 1. The lowest BCUT2D eigenvalue weighted by Gasteiger charge is -2.37. The summed E-state index contributed by atoms with van der Waals surface area (Å²) in [7, 11) is 3.45. The van der Waals surface area contributed by atoms with Crippen LogP contribution in [0.5, 0.6) is 5.75 Å². The highest BCUT2D eigenvalue weighted by Gasteiger charge is 2.20. The van der Waals surface area contributed by atoms with E-state index in [1.54, 1.807) is 20.4 Å². The van der Waals surface area contributed by atoms with E-state index in [1.165, 1.54) is 5.69 Å². The van der Waals surface area contributed by atoms with E-state index in [2.05, 4.69) is 42.5 Å². The predicted molar refractivity (Wildman–Crippen MR) is 120 cm³/mol. The van der Waals surface area contributed by atoms with Crippen molar-refractivity contribution in [3.63, 3.8) is 0 Å². The fraction of sp³-hybridized carbons (Fsp3) is 0.409. The first-order valence-corrected chi connectivity index (χ1v) is 10.2. The summed E-state index contributed by atoms with van der Waals surface area (Å²) >= 11 is 0. The van der Waals surface area contributed by atoms with Crippen LogP contribution in [0.15, 0.2) is 47.6 Å². The van der Waals surface area contributed by atoms with E-state index in [0.717, 1.165) is 43.5 Å². The smallest absolute Gasteiger partial charge is 0.227 e. The van der Waals surface area contributed by atoms with Crippen molar-refractivity contribution in [3.8, 4) is 5.75 Å². The number of amides is 1. The number of anilines is 2. The highest BCUT2D eigenvalue weighted by atomic mass is 16.5. The molecule has 0 atom stereocenters. The van der Waals surface area contributed by atoms with Gasteiger partial charge in [0.2, 0.25) is 5.91 Å². The Labute approximate surface area is 178 Å². The molecule has 1 aromatic carbocycles. The SMILES string of the molecule is CN=C(NCCC(=O)Nc1ccc(C)cn1)N1CCN(c2ccc(OC)cc2)CC1. The van der Waals surface area contributed by atoms with Gasteiger partial charge < -0.3 is 25.2 Å². The fourth-order valence-electron chi connectivity index (χ4n) is 3.34. The number of benzene rings is 1. The number of guanidine groups is 1. The van der Waals surface area contributed by atoms with Crippen LogP contribution in [0, 0.1) is 6.92 Å². The zero-order chi connectivity index (χ0) is 21.3. The van der Waals surface area contributed by atoms with E-state index in [9.17, 15) is 4.79 Å². The van der Waals surface area contributed by atoms with Gasteiger partial charge in [0.15, 0.2) is 5.96 Å². The standard InChI is InChI=1S/C22H30N6O2/c1-17-4-9-20(25-16-17)26-21(29)10-11-24-22(23-2)28-14-12-27(13-15-28)18-5-7-19(30-3)8-6-18/h4-9,16H,10-15H2,1-3H3,(H,23,24)(H,25,26,29). The van der Waals surface area contributed by atoms with Crippen molar-refractivity contribution in [2.75, 3.05) is 57.1 Å². The Kier molecular flexibility index (Phi) is 7.48. The number of aliphatic imine (C=N–C) groups is 1. The van der Waals surface area contributed by atoms with Crippen molar-refractivity contribution in [3.05, 3.63) is 48.2 Å². The van der Waals surface area contributed by atoms with Gasteiger partial charge in [0, 0.05) is 58.1 Å². The Morgan fingerprint density at radius 2 is 1.87 bits per heavy atom. The summed E-state index contributed by atoms with van der Waals surface area (Å²) in [5.41, 5.74) is 2.25. The highest BCUT2D eigenvalue weighted by molar-refractivity contribution is 5.90. The molecule has 0 saturated carbocycles. The van der Waals surface area contributed by atoms with Crippen molar-refractivity contribution >= 4 is 23.4 Å². The van der Waals surface area contributed by atoms with Crippen LogP contribution in [0.1, 0.15) is 12.0 Å². The minimum atomic E-state index is -0.0707. The molecule has 0 unspecified atom stereocenters. The molecule has 0 aliphatic carbocycles. The van der Waals surface area contributed by atoms with Gasteiger partial charge in [-0.1, -0.05) is 6.07 Å². The average Bonchev–Trinajstić information content (AvgIpc) is 2.78. The lowest BCUT2D eigenvalue weighted by Crippen LogP contribution is -2.52. The largest absolute Gasteiger partial charge is 0.497 e. The van der Waals surface area contributed by atoms with Crippen molar-refractivity contribution in [2.24, 2.45) is 4.99 Å². The number of piperazine rings is 1. The quantitative estimate of drug-likeness (QED) is 0.561. The average molecular weight is 411 g/mol. The van der Waals surface area contributed by atoms with Gasteiger partial charge in [-0.25, -0.2) is 4.98 Å². The van der Waals surface area contributed by atoms with E-state index < -0.39 is 0 Å². The number of hydrogen-bond acceptors (Lipinski definition) is 5. The van der Waals surface area contributed by atoms with Gasteiger partial charge in [-0.05, 0) is 42.8 Å². The topological polar surface area (TPSA) is 82.1 Å². The van der Waals surface area contributed by atoms with Crippen molar-refractivity contribution in [2.45, 2.75) is 13.3 Å². The molecule has 1 saturated heterocycles. The van der Waals surface area contributed by atoms with Crippen LogP contribution in [0.25, 0.3) is 0 Å². The van der Waals surface area contributed by atoms with Gasteiger partial charge in [0.05, 0.1) is 7.11 Å². The molecule has 30 heavy (non-hydrogen) atoms. The fourth-order valence-corrected chi connectivity index (χ4v) is 3.34. The zero-order valence-electron chi connectivity index (χ0n) is 17.9. The van der Waals surface area contributed by atoms with Crippen molar-refractivity contribution in [1.82, 2.24) is 15.2 Å². The third-order valence-corrected chi connectivity index (χ3v) is 5.04. The Bertz CT molecular complexity index is 843. The van der Waals surface area contributed by atoms with Crippen molar-refractivity contribution < 1.29 is 9.53 Å². The van der Waals surface area contributed by atoms with Crippen LogP contribution in [-0.4, -0.2) is 68.6 Å². The number of aromatic nitrogens is 1. The number of carbonyl (C=O) groups is 1. The molecular formula is C22H30N6O2. The van der Waals surface area contributed by atoms with Gasteiger partial charge in [0.1, 0.15) is 11.6 Å². The maximum Gasteiger partial charge on any atom is 0.227 e. The number of ether oxygens (including phenoxy) is 1. The van der Waals surface area contributed by atoms with Crippen LogP contribution in [0.2, 0.25) is 0 Å². The molecule has 160 valence electrons. The molecule has 2 heterocycles. The minimum absolute atomic E-state index is 0.0707. The van der Waals surface area contributed by atoms with Gasteiger partial charge in [-0.15, -0.1) is 0 Å². The highest BCUT2D eigenvalue weighted by Crippen LogP contribution is 2.20. The molecule has 1 aromatic heterocycles. The number of carbonyl (C=O) groups excluding carboxylic acids is 1. The summed E-state index contributed by atoms with van der Waals surface area (Å²) < 4.78 is 5.23. The first-order chi connectivity index (χ1) is 14.6. The zero-order valence-corrected chi connectivity index (χ0v) is 17.9. The second-order valence-corrected chi connectivity index (χ2v) is 7.17. The van der Waals surface area contributed by atoms with Crippen molar-refractivity contribution in [1.29, 1.82) is 0 Å². The summed E-state index contributed by atoms with van der Waals surface area (Å²) in [6.45, 7) is 6.03. The third-order valence-electron chi connectivity index (χ3n) is 5.04. The number of aryl methyl sites for hydroxylation is 1. The Morgan fingerprint density at radius 1 is 1.13 bits per heavy atom. The molecule has 2 aromatic rings. The molecule has 1 fully saturated rings. The molecular weight excluding hydrogens is 380 g/mol. The first kappa shape index (κ1) is 21.4. The second-order valence-electron chi connectivity index (χ2n) is 7.17. The molecule has 0 bridgehead atoms. The summed E-state index contributed by atoms with van der Waals surface area (Å²) in [5, 5.41) is 6.11. The van der Waals surface area contributed by atoms with E-state index >= 15 is 0 Å². The molecule has 8 nitrogen and oxygen atoms in total. The van der Waals surface area contributed by atoms with Gasteiger partial charge in [-0.3, -0.25) is 9.79 Å². The molecule has 3 rings (SSSR count). The number of pyridine rings is 1. The maximum atomic E-state index is 12.1. The predicted octanol–water partition coefficient (Wildman–Crippen LogP) is 2.12. The lowest BCUT2D eigenvalue weighted by molar-refractivity contribution is -0.116. The van der Waals surface area contributed by atoms with E-state index in [1.807, 2.05) is 31.2 Å². The molecule has 0 radical (unpaired) electrons. The Morgan fingerprint density at radius 3 is 2.47 bits per heavy atom. The summed E-state index contributed by atoms with van der Waals surface area (Å²) in [5.74, 6) is 2.19. The molecule has 1 aliphatic heterocycles. The second kappa shape index (κ2) is 10.5. The van der Waals surface area contributed by atoms with Crippen LogP contribution in [0.3, 0.4) is 0 Å². The molecule has 0 spiro atoms. The van der Waals surface area contributed by atoms with Crippen LogP contribution >= 0.6 is 0 Å². The molecule has 8 heteroatoms. The maximum absolute atomic E-state index is 12.1. The van der Waals surface area contributed by atoms with E-state index in [-0.39, 0.29) is 5.91 Å². The van der Waals surface area contributed by atoms with Gasteiger partial charge >= 0.3 is 0 Å². The Balaban J connectivity index is 1.42. The first-order valence-electron chi connectivity index (χ1n) is 10.2. The summed E-state index contributed by atoms with van der Waals surface area (Å²) in [4.78, 5) is 25.3. The molecule has 1 aliphatic rings. The molecule has 2 N–H and O–H groups in total. The number of nitrogens with zero attached hydrogens (tertiary/aromatic N) is 4. The van der Waals surface area contributed by atoms with Crippen LogP contribution in [-0.2, 0) is 4.79 Å². The minimum Gasteiger partial charge on any atom is -0.497 e. The summed E-state index contributed by atoms with van der Waals surface area (Å²) in [6, 6.07) is 11.9. The molecule has 1 amide bonds. The van der Waals surface area contributed by atoms with E-state index in [0.29, 0.717) is 18.8 Å². The number of nitrogens with one attached hydrogen (secondary N) is 2. The van der Waals surface area contributed by atoms with Gasteiger partial charge in [0.25, 0.3) is 0 Å². The number of rotatable bonds is 6.